The van der Waals surface area contributed by atoms with E-state index < -0.39 is 18.0 Å². The highest BCUT2D eigenvalue weighted by Gasteiger charge is 2.40. The number of nitrogens with one attached hydrogen (secondary N) is 1. The summed E-state index contributed by atoms with van der Waals surface area (Å²) >= 11 is 0. The minimum Gasteiger partial charge on any atom is -0.452 e. The lowest BCUT2D eigenvalue weighted by Gasteiger charge is -2.24. The van der Waals surface area contributed by atoms with Crippen LogP contribution in [0, 0.1) is 12.8 Å². The molecule has 146 valence electrons. The summed E-state index contributed by atoms with van der Waals surface area (Å²) in [7, 11) is 0. The number of aryl methyl sites for hydroxylation is 1. The Labute approximate surface area is 160 Å². The first-order valence-corrected chi connectivity index (χ1v) is 9.77. The summed E-state index contributed by atoms with van der Waals surface area (Å²) in [5, 5.41) is 2.78. The van der Waals surface area contributed by atoms with Gasteiger partial charge in [-0.3, -0.25) is 14.4 Å². The molecule has 1 aromatic carbocycles. The summed E-state index contributed by atoms with van der Waals surface area (Å²) in [6, 6.07) is 8.14. The standard InChI is InChI=1S/C21H28N2O4/c1-14-7-9-16(10-8-14)12-22-20(25)15(2)27-21(26)17-11-19(24)23(13-17)18-5-3-4-6-18/h7-10,15,17-18H,3-6,11-13H2,1-2H3,(H,22,25)/t15-,17-/m1/s1. The first-order chi connectivity index (χ1) is 12.9. The number of ether oxygens (including phenoxy) is 1. The largest absolute Gasteiger partial charge is 0.452 e. The molecule has 0 bridgehead atoms. The quantitative estimate of drug-likeness (QED) is 0.778. The van der Waals surface area contributed by atoms with Crippen molar-refractivity contribution in [1.29, 1.82) is 0 Å². The smallest absolute Gasteiger partial charge is 0.312 e. The Balaban J connectivity index is 1.46. The molecule has 1 saturated heterocycles. The van der Waals surface area contributed by atoms with Crippen LogP contribution in [0.2, 0.25) is 0 Å². The van der Waals surface area contributed by atoms with Crippen molar-refractivity contribution in [2.24, 2.45) is 5.92 Å². The van der Waals surface area contributed by atoms with E-state index in [2.05, 4.69) is 5.32 Å². The van der Waals surface area contributed by atoms with E-state index in [1.807, 2.05) is 36.1 Å². The van der Waals surface area contributed by atoms with E-state index in [0.717, 1.165) is 36.8 Å². The van der Waals surface area contributed by atoms with Gasteiger partial charge in [0.05, 0.1) is 5.92 Å². The van der Waals surface area contributed by atoms with Crippen LogP contribution in [0.25, 0.3) is 0 Å². The van der Waals surface area contributed by atoms with Gasteiger partial charge in [-0.2, -0.15) is 0 Å². The van der Waals surface area contributed by atoms with Gasteiger partial charge in [-0.1, -0.05) is 42.7 Å². The minimum absolute atomic E-state index is 0.0281. The lowest BCUT2D eigenvalue weighted by Crippen LogP contribution is -2.38. The molecule has 27 heavy (non-hydrogen) atoms. The maximum Gasteiger partial charge on any atom is 0.312 e. The molecule has 1 heterocycles. The molecule has 3 rings (SSSR count). The molecule has 6 nitrogen and oxygen atoms in total. The van der Waals surface area contributed by atoms with Crippen molar-refractivity contribution in [3.05, 3.63) is 35.4 Å². The van der Waals surface area contributed by atoms with Crippen molar-refractivity contribution in [1.82, 2.24) is 10.2 Å². The van der Waals surface area contributed by atoms with Crippen LogP contribution in [0.15, 0.2) is 24.3 Å². The fourth-order valence-electron chi connectivity index (χ4n) is 3.82. The third kappa shape index (κ3) is 4.87. The van der Waals surface area contributed by atoms with Gasteiger partial charge in [-0.15, -0.1) is 0 Å². The highest BCUT2D eigenvalue weighted by atomic mass is 16.5. The minimum atomic E-state index is -0.876. The van der Waals surface area contributed by atoms with Crippen LogP contribution >= 0.6 is 0 Å². The SMILES string of the molecule is Cc1ccc(CNC(=O)[C@@H](C)OC(=O)[C@@H]2CC(=O)N(C3CCCC3)C2)cc1. The van der Waals surface area contributed by atoms with Gasteiger partial charge < -0.3 is 15.0 Å². The summed E-state index contributed by atoms with van der Waals surface area (Å²) in [5.41, 5.74) is 2.14. The third-order valence-electron chi connectivity index (χ3n) is 5.51. The monoisotopic (exact) mass is 372 g/mol. The Morgan fingerprint density at radius 3 is 2.56 bits per heavy atom. The lowest BCUT2D eigenvalue weighted by molar-refractivity contribution is -0.158. The van der Waals surface area contributed by atoms with E-state index in [1.54, 1.807) is 6.92 Å². The number of rotatable bonds is 6. The Hall–Kier alpha value is -2.37. The third-order valence-corrected chi connectivity index (χ3v) is 5.51. The fourth-order valence-corrected chi connectivity index (χ4v) is 3.82. The molecule has 0 aromatic heterocycles. The van der Waals surface area contributed by atoms with E-state index >= 15 is 0 Å². The van der Waals surface area contributed by atoms with E-state index in [9.17, 15) is 14.4 Å². The molecule has 1 aliphatic heterocycles. The molecular weight excluding hydrogens is 344 g/mol. The van der Waals surface area contributed by atoms with Gasteiger partial charge in [-0.05, 0) is 32.3 Å². The first kappa shape index (κ1) is 19.4. The van der Waals surface area contributed by atoms with Gasteiger partial charge >= 0.3 is 5.97 Å². The predicted molar refractivity (Wildman–Crippen MR) is 101 cm³/mol. The van der Waals surface area contributed by atoms with Crippen LogP contribution in [0.1, 0.15) is 50.2 Å². The maximum atomic E-state index is 12.4. The Morgan fingerprint density at radius 2 is 1.89 bits per heavy atom. The number of hydrogen-bond acceptors (Lipinski definition) is 4. The fraction of sp³-hybridized carbons (Fsp3) is 0.571. The van der Waals surface area contributed by atoms with E-state index in [0.29, 0.717) is 13.1 Å². The number of benzene rings is 1. The number of likely N-dealkylation sites (tertiary alicyclic amines) is 1. The normalized spacial score (nSPS) is 21.3. The zero-order valence-corrected chi connectivity index (χ0v) is 16.1. The number of amides is 2. The van der Waals surface area contributed by atoms with Gasteiger partial charge in [0, 0.05) is 25.6 Å². The van der Waals surface area contributed by atoms with Gasteiger partial charge in [0.15, 0.2) is 6.10 Å². The number of carbonyl (C=O) groups is 3. The molecule has 0 unspecified atom stereocenters. The second-order valence-electron chi connectivity index (χ2n) is 7.67. The zero-order chi connectivity index (χ0) is 19.4. The topological polar surface area (TPSA) is 75.7 Å². The maximum absolute atomic E-state index is 12.4. The average Bonchev–Trinajstić information content (AvgIpc) is 3.30. The number of esters is 1. The summed E-state index contributed by atoms with van der Waals surface area (Å²) in [6.45, 7) is 4.37. The number of carbonyl (C=O) groups excluding carboxylic acids is 3. The second kappa shape index (κ2) is 8.55. The van der Waals surface area contributed by atoms with Crippen LogP contribution in [0.5, 0.6) is 0 Å². The Morgan fingerprint density at radius 1 is 1.22 bits per heavy atom. The molecule has 2 aliphatic rings. The van der Waals surface area contributed by atoms with Crippen molar-refractivity contribution in [2.75, 3.05) is 6.54 Å². The van der Waals surface area contributed by atoms with Crippen molar-refractivity contribution >= 4 is 17.8 Å². The summed E-state index contributed by atoms with van der Waals surface area (Å²) in [6.07, 6.45) is 3.63. The van der Waals surface area contributed by atoms with Crippen LogP contribution in [0.4, 0.5) is 0 Å². The molecule has 2 atom stereocenters. The van der Waals surface area contributed by atoms with E-state index in [1.165, 1.54) is 0 Å². The molecule has 2 amide bonds. The molecule has 1 aromatic rings. The average molecular weight is 372 g/mol. The van der Waals surface area contributed by atoms with Gasteiger partial charge in [0.1, 0.15) is 0 Å². The highest BCUT2D eigenvalue weighted by molar-refractivity contribution is 5.89. The molecule has 6 heteroatoms. The van der Waals surface area contributed by atoms with Crippen LogP contribution in [-0.4, -0.2) is 41.4 Å². The van der Waals surface area contributed by atoms with Crippen LogP contribution in [-0.2, 0) is 25.7 Å². The summed E-state index contributed by atoms with van der Waals surface area (Å²) in [5.74, 6) is -1.23. The van der Waals surface area contributed by atoms with Crippen LogP contribution in [0.3, 0.4) is 0 Å². The molecule has 0 spiro atoms. The molecule has 2 fully saturated rings. The van der Waals surface area contributed by atoms with E-state index in [4.69, 9.17) is 4.74 Å². The van der Waals surface area contributed by atoms with Crippen LogP contribution < -0.4 is 5.32 Å². The summed E-state index contributed by atoms with van der Waals surface area (Å²) in [4.78, 5) is 38.7. The van der Waals surface area contributed by atoms with Crippen molar-refractivity contribution in [3.63, 3.8) is 0 Å². The predicted octanol–water partition coefficient (Wildman–Crippen LogP) is 2.33. The zero-order valence-electron chi connectivity index (χ0n) is 16.1. The Kier molecular flexibility index (Phi) is 6.14. The molecule has 0 radical (unpaired) electrons. The van der Waals surface area contributed by atoms with Crippen molar-refractivity contribution < 1.29 is 19.1 Å². The number of nitrogens with zero attached hydrogens (tertiary/aromatic N) is 1. The first-order valence-electron chi connectivity index (χ1n) is 9.77. The highest BCUT2D eigenvalue weighted by Crippen LogP contribution is 2.30. The second-order valence-corrected chi connectivity index (χ2v) is 7.67. The molecule has 1 saturated carbocycles. The molecule has 1 aliphatic carbocycles. The molecule has 1 N–H and O–H groups in total. The Bertz CT molecular complexity index is 695. The van der Waals surface area contributed by atoms with Gasteiger partial charge in [0.2, 0.25) is 5.91 Å². The lowest BCUT2D eigenvalue weighted by atomic mass is 10.1. The molecular formula is C21H28N2O4. The van der Waals surface area contributed by atoms with Crippen molar-refractivity contribution in [3.8, 4) is 0 Å². The van der Waals surface area contributed by atoms with E-state index in [-0.39, 0.29) is 24.3 Å². The van der Waals surface area contributed by atoms with Gasteiger partial charge in [-0.25, -0.2) is 0 Å². The van der Waals surface area contributed by atoms with Gasteiger partial charge in [0.25, 0.3) is 5.91 Å². The summed E-state index contributed by atoms with van der Waals surface area (Å²) < 4.78 is 5.33. The van der Waals surface area contributed by atoms with Crippen molar-refractivity contribution in [2.45, 2.75) is 64.6 Å². The number of hydrogen-bond donors (Lipinski definition) is 1.